The molecule has 0 aliphatic heterocycles. The number of rotatable bonds is 2. The van der Waals surface area contributed by atoms with Gasteiger partial charge in [0.2, 0.25) is 0 Å². The number of hydrogen-bond donors (Lipinski definition) is 0. The van der Waals surface area contributed by atoms with Crippen LogP contribution in [0.4, 0.5) is 0 Å². The zero-order valence-electron chi connectivity index (χ0n) is 5.74. The monoisotopic (exact) mass is 130 g/mol. The summed E-state index contributed by atoms with van der Waals surface area (Å²) < 4.78 is 0. The maximum atomic E-state index is 2.40. The lowest BCUT2D eigenvalue weighted by Crippen LogP contribution is -2.27. The van der Waals surface area contributed by atoms with Crippen molar-refractivity contribution in [3.8, 4) is 0 Å². The maximum absolute atomic E-state index is 2.40. The van der Waals surface area contributed by atoms with Crippen molar-refractivity contribution in [2.45, 2.75) is 26.2 Å². The second kappa shape index (κ2) is 2.30. The Balaban J connectivity index is 2.20. The largest absolute Gasteiger partial charge is 0.165 e. The summed E-state index contributed by atoms with van der Waals surface area (Å²) in [5.41, 5.74) is 0.736. The minimum Gasteiger partial charge on any atom is -0.165 e. The lowest BCUT2D eigenvalue weighted by molar-refractivity contribution is 0.198. The van der Waals surface area contributed by atoms with E-state index >= 15 is 0 Å². The summed E-state index contributed by atoms with van der Waals surface area (Å²) in [4.78, 5) is 0. The Labute approximate surface area is 56.0 Å². The molecule has 0 atom stereocenters. The van der Waals surface area contributed by atoms with Gasteiger partial charge in [-0.05, 0) is 30.3 Å². The van der Waals surface area contributed by atoms with Crippen LogP contribution in [0, 0.1) is 5.41 Å². The minimum atomic E-state index is 0.736. The van der Waals surface area contributed by atoms with Gasteiger partial charge in [0.05, 0.1) is 0 Å². The normalized spacial score (nSPS) is 24.8. The third-order valence-corrected chi connectivity index (χ3v) is 3.04. The molecule has 0 nitrogen and oxygen atoms in total. The Morgan fingerprint density at radius 2 is 2.12 bits per heavy atom. The van der Waals surface area contributed by atoms with Gasteiger partial charge in [0.25, 0.3) is 0 Å². The fourth-order valence-corrected chi connectivity index (χ4v) is 2.26. The number of thioether (sulfide) groups is 1. The molecule has 1 aliphatic carbocycles. The molecule has 0 unspecified atom stereocenters. The first kappa shape index (κ1) is 6.47. The SMILES string of the molecule is CSCC1(C)CCC1. The molecular formula is C7H14S. The zero-order chi connectivity index (χ0) is 6.04. The molecule has 0 aromatic rings. The molecule has 0 saturated heterocycles. The topological polar surface area (TPSA) is 0 Å². The molecule has 1 rings (SSSR count). The summed E-state index contributed by atoms with van der Waals surface area (Å²) >= 11 is 1.98. The summed E-state index contributed by atoms with van der Waals surface area (Å²) in [5, 5.41) is 0. The molecule has 0 amide bonds. The molecule has 0 radical (unpaired) electrons. The molecule has 0 N–H and O–H groups in total. The van der Waals surface area contributed by atoms with E-state index in [1.807, 2.05) is 11.8 Å². The van der Waals surface area contributed by atoms with Gasteiger partial charge >= 0.3 is 0 Å². The zero-order valence-corrected chi connectivity index (χ0v) is 6.55. The van der Waals surface area contributed by atoms with Crippen molar-refractivity contribution >= 4 is 11.8 Å². The molecule has 0 aromatic carbocycles. The highest BCUT2D eigenvalue weighted by atomic mass is 32.2. The summed E-state index contributed by atoms with van der Waals surface area (Å²) in [5.74, 6) is 1.37. The van der Waals surface area contributed by atoms with Gasteiger partial charge in [0, 0.05) is 0 Å². The van der Waals surface area contributed by atoms with Gasteiger partial charge in [0.1, 0.15) is 0 Å². The Bertz CT molecular complexity index is 74.5. The second-order valence-electron chi connectivity index (χ2n) is 3.10. The summed E-state index contributed by atoms with van der Waals surface area (Å²) in [6.07, 6.45) is 6.60. The Hall–Kier alpha value is 0.350. The smallest absolute Gasteiger partial charge is 0.00162 e. The Morgan fingerprint density at radius 3 is 2.25 bits per heavy atom. The van der Waals surface area contributed by atoms with Crippen molar-refractivity contribution in [1.82, 2.24) is 0 Å². The summed E-state index contributed by atoms with van der Waals surface area (Å²) in [7, 11) is 0. The van der Waals surface area contributed by atoms with Gasteiger partial charge < -0.3 is 0 Å². The molecule has 48 valence electrons. The average Bonchev–Trinajstić information content (AvgIpc) is 1.64. The van der Waals surface area contributed by atoms with Gasteiger partial charge in [-0.15, -0.1) is 0 Å². The van der Waals surface area contributed by atoms with Gasteiger partial charge in [-0.3, -0.25) is 0 Å². The van der Waals surface area contributed by atoms with E-state index in [0.717, 1.165) is 5.41 Å². The predicted molar refractivity (Wildman–Crippen MR) is 40.3 cm³/mol. The Morgan fingerprint density at radius 1 is 1.50 bits per heavy atom. The average molecular weight is 130 g/mol. The van der Waals surface area contributed by atoms with Crippen molar-refractivity contribution < 1.29 is 0 Å². The van der Waals surface area contributed by atoms with Crippen LogP contribution in [0.25, 0.3) is 0 Å². The van der Waals surface area contributed by atoms with Gasteiger partial charge in [-0.1, -0.05) is 13.3 Å². The lowest BCUT2D eigenvalue weighted by atomic mass is 9.72. The van der Waals surface area contributed by atoms with Crippen molar-refractivity contribution in [3.05, 3.63) is 0 Å². The molecule has 0 heterocycles. The molecule has 0 aromatic heterocycles. The molecule has 0 bridgehead atoms. The summed E-state index contributed by atoms with van der Waals surface area (Å²) in [6.45, 7) is 2.40. The quantitative estimate of drug-likeness (QED) is 0.553. The van der Waals surface area contributed by atoms with Crippen LogP contribution in [0.1, 0.15) is 26.2 Å². The van der Waals surface area contributed by atoms with Gasteiger partial charge in [-0.2, -0.15) is 11.8 Å². The van der Waals surface area contributed by atoms with E-state index in [1.54, 1.807) is 0 Å². The molecule has 8 heavy (non-hydrogen) atoms. The van der Waals surface area contributed by atoms with E-state index in [0.29, 0.717) is 0 Å². The van der Waals surface area contributed by atoms with Crippen LogP contribution in [0.2, 0.25) is 0 Å². The molecule has 0 spiro atoms. The van der Waals surface area contributed by atoms with Crippen molar-refractivity contribution in [1.29, 1.82) is 0 Å². The summed E-state index contributed by atoms with van der Waals surface area (Å²) in [6, 6.07) is 0. The molecule has 1 heteroatoms. The predicted octanol–water partition coefficient (Wildman–Crippen LogP) is 2.54. The van der Waals surface area contributed by atoms with Crippen LogP contribution in [0.15, 0.2) is 0 Å². The fraction of sp³-hybridized carbons (Fsp3) is 1.00. The van der Waals surface area contributed by atoms with E-state index in [1.165, 1.54) is 25.0 Å². The standard InChI is InChI=1S/C7H14S/c1-7(6-8-2)4-3-5-7/h3-6H2,1-2H3. The van der Waals surface area contributed by atoms with Crippen LogP contribution < -0.4 is 0 Å². The number of hydrogen-bond acceptors (Lipinski definition) is 1. The third kappa shape index (κ3) is 1.19. The van der Waals surface area contributed by atoms with Gasteiger partial charge in [0.15, 0.2) is 0 Å². The van der Waals surface area contributed by atoms with E-state index < -0.39 is 0 Å². The van der Waals surface area contributed by atoms with Crippen LogP contribution in [0.5, 0.6) is 0 Å². The van der Waals surface area contributed by atoms with E-state index in [4.69, 9.17) is 0 Å². The highest BCUT2D eigenvalue weighted by molar-refractivity contribution is 7.98. The van der Waals surface area contributed by atoms with Crippen molar-refractivity contribution in [3.63, 3.8) is 0 Å². The van der Waals surface area contributed by atoms with Crippen molar-refractivity contribution in [2.75, 3.05) is 12.0 Å². The van der Waals surface area contributed by atoms with Crippen molar-refractivity contribution in [2.24, 2.45) is 5.41 Å². The lowest BCUT2D eigenvalue weighted by Gasteiger charge is -2.37. The van der Waals surface area contributed by atoms with Crippen LogP contribution in [-0.2, 0) is 0 Å². The van der Waals surface area contributed by atoms with Gasteiger partial charge in [-0.25, -0.2) is 0 Å². The minimum absolute atomic E-state index is 0.736. The molecule has 1 fully saturated rings. The molecular weight excluding hydrogens is 116 g/mol. The third-order valence-electron chi connectivity index (χ3n) is 2.05. The first-order valence-electron chi connectivity index (χ1n) is 3.26. The van der Waals surface area contributed by atoms with Crippen LogP contribution >= 0.6 is 11.8 Å². The first-order valence-corrected chi connectivity index (χ1v) is 4.65. The molecule has 1 aliphatic rings. The Kier molecular flexibility index (Phi) is 1.86. The maximum Gasteiger partial charge on any atom is -0.00162 e. The van der Waals surface area contributed by atoms with Crippen LogP contribution in [0.3, 0.4) is 0 Å². The first-order chi connectivity index (χ1) is 3.77. The van der Waals surface area contributed by atoms with E-state index in [9.17, 15) is 0 Å². The van der Waals surface area contributed by atoms with E-state index in [-0.39, 0.29) is 0 Å². The van der Waals surface area contributed by atoms with Crippen LogP contribution in [-0.4, -0.2) is 12.0 Å². The van der Waals surface area contributed by atoms with E-state index in [2.05, 4.69) is 13.2 Å². The fourth-order valence-electron chi connectivity index (χ4n) is 1.27. The highest BCUT2D eigenvalue weighted by Gasteiger charge is 2.30. The molecule has 1 saturated carbocycles. The highest BCUT2D eigenvalue weighted by Crippen LogP contribution is 2.42. The second-order valence-corrected chi connectivity index (χ2v) is 3.96.